The lowest BCUT2D eigenvalue weighted by atomic mass is 9.99. The van der Waals surface area contributed by atoms with Gasteiger partial charge in [0.1, 0.15) is 11.5 Å². The third kappa shape index (κ3) is 3.87. The summed E-state index contributed by atoms with van der Waals surface area (Å²) in [7, 11) is 1.48. The first kappa shape index (κ1) is 19.0. The smallest absolute Gasteiger partial charge is 0.438 e. The molecule has 25 heavy (non-hydrogen) atoms. The summed E-state index contributed by atoms with van der Waals surface area (Å²) < 4.78 is 50.0. The molecule has 1 amide bonds. The number of alkyl halides is 3. The fourth-order valence-electron chi connectivity index (χ4n) is 2.25. The molecular formula is C16H19F3N2O4. The monoisotopic (exact) mass is 360 g/mol. The second-order valence-corrected chi connectivity index (χ2v) is 5.91. The maximum absolute atomic E-state index is 13.3. The lowest BCUT2D eigenvalue weighted by Gasteiger charge is -2.32. The van der Waals surface area contributed by atoms with Gasteiger partial charge in [0, 0.05) is 12.1 Å². The Morgan fingerprint density at radius 1 is 1.32 bits per heavy atom. The van der Waals surface area contributed by atoms with Crippen molar-refractivity contribution in [3.05, 3.63) is 24.3 Å². The second kappa shape index (κ2) is 6.91. The minimum atomic E-state index is -5.04. The number of amides is 1. The molecule has 0 aliphatic carbocycles. The zero-order chi connectivity index (χ0) is 18.8. The summed E-state index contributed by atoms with van der Waals surface area (Å²) in [5, 5.41) is 13.8. The van der Waals surface area contributed by atoms with E-state index in [0.29, 0.717) is 5.75 Å². The van der Waals surface area contributed by atoms with E-state index in [4.69, 9.17) is 9.47 Å². The van der Waals surface area contributed by atoms with Crippen LogP contribution in [0.3, 0.4) is 0 Å². The van der Waals surface area contributed by atoms with Crippen molar-refractivity contribution in [3.63, 3.8) is 0 Å². The molecule has 1 N–H and O–H groups in total. The standard InChI is InChI=1S/C16H19F3N2O4/c1-10(2)13-8-15(23,16(17,18)19)21(20-13)14(22)9-25-12-6-4-11(24-3)5-7-12/h4-7,10,23H,8-9H2,1-3H3/t15-/m0/s1. The topological polar surface area (TPSA) is 71.4 Å². The van der Waals surface area contributed by atoms with Crippen LogP contribution in [0.1, 0.15) is 20.3 Å². The molecule has 2 rings (SSSR count). The van der Waals surface area contributed by atoms with E-state index in [2.05, 4.69) is 5.10 Å². The number of halogens is 3. The highest BCUT2D eigenvalue weighted by molar-refractivity contribution is 5.92. The van der Waals surface area contributed by atoms with Crippen LogP contribution >= 0.6 is 0 Å². The number of benzene rings is 1. The van der Waals surface area contributed by atoms with Crippen molar-refractivity contribution in [2.24, 2.45) is 11.0 Å². The van der Waals surface area contributed by atoms with Crippen LogP contribution in [-0.2, 0) is 4.79 Å². The number of methoxy groups -OCH3 is 1. The van der Waals surface area contributed by atoms with E-state index in [9.17, 15) is 23.1 Å². The van der Waals surface area contributed by atoms with Crippen molar-refractivity contribution >= 4 is 11.6 Å². The van der Waals surface area contributed by atoms with Gasteiger partial charge in [-0.3, -0.25) is 4.79 Å². The molecule has 0 unspecified atom stereocenters. The van der Waals surface area contributed by atoms with Crippen LogP contribution in [0.15, 0.2) is 29.4 Å². The predicted molar refractivity (Wildman–Crippen MR) is 83.2 cm³/mol. The molecule has 138 valence electrons. The second-order valence-electron chi connectivity index (χ2n) is 5.91. The third-order valence-corrected chi connectivity index (χ3v) is 3.78. The average molecular weight is 360 g/mol. The van der Waals surface area contributed by atoms with Gasteiger partial charge < -0.3 is 14.6 Å². The van der Waals surface area contributed by atoms with Crippen LogP contribution in [-0.4, -0.2) is 47.4 Å². The van der Waals surface area contributed by atoms with Gasteiger partial charge in [-0.15, -0.1) is 0 Å². The third-order valence-electron chi connectivity index (χ3n) is 3.78. The Labute approximate surface area is 142 Å². The van der Waals surface area contributed by atoms with Crippen LogP contribution in [0, 0.1) is 5.92 Å². The Balaban J connectivity index is 2.13. The highest BCUT2D eigenvalue weighted by Crippen LogP contribution is 2.41. The first-order valence-electron chi connectivity index (χ1n) is 7.55. The number of nitrogens with zero attached hydrogens (tertiary/aromatic N) is 2. The highest BCUT2D eigenvalue weighted by atomic mass is 19.4. The molecule has 1 heterocycles. The number of hydrogen-bond donors (Lipinski definition) is 1. The van der Waals surface area contributed by atoms with Gasteiger partial charge in [0.2, 0.25) is 0 Å². The maximum atomic E-state index is 13.3. The summed E-state index contributed by atoms with van der Waals surface area (Å²) in [6.07, 6.45) is -5.81. The number of rotatable bonds is 5. The minimum absolute atomic E-state index is 0.0753. The fourth-order valence-corrected chi connectivity index (χ4v) is 2.25. The molecule has 1 aromatic rings. The summed E-state index contributed by atoms with van der Waals surface area (Å²) in [5.41, 5.74) is -3.26. The molecule has 0 saturated heterocycles. The normalized spacial score (nSPS) is 20.6. The molecule has 0 fully saturated rings. The van der Waals surface area contributed by atoms with E-state index in [-0.39, 0.29) is 22.4 Å². The molecule has 1 aliphatic rings. The van der Waals surface area contributed by atoms with E-state index in [1.54, 1.807) is 26.0 Å². The van der Waals surface area contributed by atoms with Gasteiger partial charge >= 0.3 is 6.18 Å². The SMILES string of the molecule is COc1ccc(OCC(=O)N2N=C(C(C)C)C[C@]2(O)C(F)(F)F)cc1. The number of carbonyl (C=O) groups excluding carboxylic acids is 1. The Hall–Kier alpha value is -2.29. The van der Waals surface area contributed by atoms with Crippen LogP contribution < -0.4 is 9.47 Å². The molecule has 0 radical (unpaired) electrons. The predicted octanol–water partition coefficient (Wildman–Crippen LogP) is 2.57. The summed E-state index contributed by atoms with van der Waals surface area (Å²) in [6, 6.07) is 6.18. The van der Waals surface area contributed by atoms with Crippen molar-refractivity contribution in [3.8, 4) is 11.5 Å². The van der Waals surface area contributed by atoms with Crippen LogP contribution in [0.2, 0.25) is 0 Å². The van der Waals surface area contributed by atoms with E-state index < -0.39 is 30.8 Å². The largest absolute Gasteiger partial charge is 0.497 e. The van der Waals surface area contributed by atoms with Crippen LogP contribution in [0.4, 0.5) is 13.2 Å². The van der Waals surface area contributed by atoms with Crippen molar-refractivity contribution in [2.75, 3.05) is 13.7 Å². The number of hydrazone groups is 1. The Morgan fingerprint density at radius 2 is 1.88 bits per heavy atom. The first-order valence-corrected chi connectivity index (χ1v) is 7.55. The van der Waals surface area contributed by atoms with E-state index in [1.165, 1.54) is 19.2 Å². The zero-order valence-corrected chi connectivity index (χ0v) is 14.0. The van der Waals surface area contributed by atoms with Gasteiger partial charge in [-0.2, -0.15) is 23.3 Å². The molecule has 6 nitrogen and oxygen atoms in total. The molecule has 1 atom stereocenters. The van der Waals surface area contributed by atoms with Crippen molar-refractivity contribution in [1.29, 1.82) is 0 Å². The lowest BCUT2D eigenvalue weighted by Crippen LogP contribution is -2.57. The zero-order valence-electron chi connectivity index (χ0n) is 14.0. The number of carbonyl (C=O) groups is 1. The molecular weight excluding hydrogens is 341 g/mol. The van der Waals surface area contributed by atoms with Crippen LogP contribution in [0.25, 0.3) is 0 Å². The van der Waals surface area contributed by atoms with E-state index >= 15 is 0 Å². The fraction of sp³-hybridized carbons (Fsp3) is 0.500. The number of ether oxygens (including phenoxy) is 2. The Morgan fingerprint density at radius 3 is 2.36 bits per heavy atom. The van der Waals surface area contributed by atoms with Gasteiger partial charge in [-0.1, -0.05) is 13.8 Å². The van der Waals surface area contributed by atoms with Gasteiger partial charge in [0.05, 0.1) is 7.11 Å². The van der Waals surface area contributed by atoms with Gasteiger partial charge in [-0.25, -0.2) is 0 Å². The molecule has 0 spiro atoms. The molecule has 0 aromatic heterocycles. The lowest BCUT2D eigenvalue weighted by molar-refractivity contribution is -0.302. The Bertz CT molecular complexity index is 658. The Kier molecular flexibility index (Phi) is 5.26. The summed E-state index contributed by atoms with van der Waals surface area (Å²) >= 11 is 0. The summed E-state index contributed by atoms with van der Waals surface area (Å²) in [4.78, 5) is 12.2. The van der Waals surface area contributed by atoms with E-state index in [1.807, 2.05) is 0 Å². The van der Waals surface area contributed by atoms with Crippen molar-refractivity contribution in [1.82, 2.24) is 5.01 Å². The number of hydrogen-bond acceptors (Lipinski definition) is 5. The average Bonchev–Trinajstić information content (AvgIpc) is 2.92. The van der Waals surface area contributed by atoms with Crippen molar-refractivity contribution in [2.45, 2.75) is 32.2 Å². The quantitative estimate of drug-likeness (QED) is 0.876. The maximum Gasteiger partial charge on any atom is 0.438 e. The van der Waals surface area contributed by atoms with E-state index in [0.717, 1.165) is 0 Å². The molecule has 0 saturated carbocycles. The molecule has 9 heteroatoms. The highest BCUT2D eigenvalue weighted by Gasteiger charge is 2.63. The summed E-state index contributed by atoms with van der Waals surface area (Å²) in [5.74, 6) is -0.590. The van der Waals surface area contributed by atoms with Crippen LogP contribution in [0.5, 0.6) is 11.5 Å². The summed E-state index contributed by atoms with van der Waals surface area (Å²) in [6.45, 7) is 2.58. The van der Waals surface area contributed by atoms with Gasteiger partial charge in [0.25, 0.3) is 11.6 Å². The molecule has 1 aliphatic heterocycles. The van der Waals surface area contributed by atoms with Gasteiger partial charge in [-0.05, 0) is 30.2 Å². The molecule has 0 bridgehead atoms. The first-order chi connectivity index (χ1) is 11.6. The molecule has 1 aromatic carbocycles. The number of aliphatic hydroxyl groups is 1. The van der Waals surface area contributed by atoms with Gasteiger partial charge in [0.15, 0.2) is 6.61 Å². The minimum Gasteiger partial charge on any atom is -0.497 e. The van der Waals surface area contributed by atoms with Crippen molar-refractivity contribution < 1.29 is 32.5 Å².